The third-order valence-corrected chi connectivity index (χ3v) is 3.96. The van der Waals surface area contributed by atoms with E-state index >= 15 is 0 Å². The molecule has 0 radical (unpaired) electrons. The van der Waals surface area contributed by atoms with Crippen molar-refractivity contribution in [2.24, 2.45) is 0 Å². The molecule has 0 saturated heterocycles. The van der Waals surface area contributed by atoms with Crippen molar-refractivity contribution in [1.29, 1.82) is 0 Å². The summed E-state index contributed by atoms with van der Waals surface area (Å²) in [6, 6.07) is 19.1. The summed E-state index contributed by atoms with van der Waals surface area (Å²) in [6.45, 7) is 5.49. The molecular formula is C24H22N4O. The highest BCUT2D eigenvalue weighted by molar-refractivity contribution is 5.89. The molecule has 4 rings (SSSR count). The average molecular weight is 382 g/mol. The van der Waals surface area contributed by atoms with Gasteiger partial charge in [0.1, 0.15) is 11.5 Å². The molecule has 0 saturated carbocycles. The highest BCUT2D eigenvalue weighted by atomic mass is 16.1. The molecule has 0 unspecified atom stereocenters. The number of nitrogens with one attached hydrogen (secondary N) is 2. The fourth-order valence-electron chi connectivity index (χ4n) is 2.71. The Morgan fingerprint density at radius 3 is 2.48 bits per heavy atom. The van der Waals surface area contributed by atoms with Crippen LogP contribution in [0.25, 0.3) is 22.4 Å². The molecule has 0 aliphatic carbocycles. The van der Waals surface area contributed by atoms with Crippen LogP contribution >= 0.6 is 0 Å². The SMILES string of the molecule is CC.CC(=O)Nc1ccc(-c2nc3ccc(C#Cc4ccccn4)cc3[nH]2)cc1. The van der Waals surface area contributed by atoms with Crippen LogP contribution in [0.4, 0.5) is 5.69 Å². The summed E-state index contributed by atoms with van der Waals surface area (Å²) in [5.74, 6) is 6.86. The van der Waals surface area contributed by atoms with Gasteiger partial charge in [0.05, 0.1) is 11.0 Å². The van der Waals surface area contributed by atoms with Gasteiger partial charge in [0.25, 0.3) is 0 Å². The second-order valence-electron chi connectivity index (χ2n) is 6.04. The van der Waals surface area contributed by atoms with Crippen LogP contribution in [0, 0.1) is 11.8 Å². The molecule has 1 amide bonds. The molecule has 144 valence electrons. The van der Waals surface area contributed by atoms with E-state index in [1.807, 2.05) is 74.5 Å². The van der Waals surface area contributed by atoms with Gasteiger partial charge >= 0.3 is 0 Å². The number of hydrogen-bond donors (Lipinski definition) is 2. The molecule has 0 aliphatic rings. The van der Waals surface area contributed by atoms with Crippen LogP contribution in [0.2, 0.25) is 0 Å². The third-order valence-electron chi connectivity index (χ3n) is 3.96. The van der Waals surface area contributed by atoms with Gasteiger partial charge in [-0.05, 0) is 60.5 Å². The summed E-state index contributed by atoms with van der Waals surface area (Å²) in [5.41, 5.74) is 5.13. The zero-order valence-corrected chi connectivity index (χ0v) is 16.7. The maximum absolute atomic E-state index is 11.1. The summed E-state index contributed by atoms with van der Waals surface area (Å²) in [4.78, 5) is 23.3. The fourth-order valence-corrected chi connectivity index (χ4v) is 2.71. The number of carbonyl (C=O) groups excluding carboxylic acids is 1. The zero-order chi connectivity index (χ0) is 20.6. The fraction of sp³-hybridized carbons (Fsp3) is 0.125. The van der Waals surface area contributed by atoms with Crippen LogP contribution in [-0.2, 0) is 4.79 Å². The highest BCUT2D eigenvalue weighted by Gasteiger charge is 2.06. The van der Waals surface area contributed by atoms with E-state index in [0.29, 0.717) is 0 Å². The lowest BCUT2D eigenvalue weighted by atomic mass is 10.2. The van der Waals surface area contributed by atoms with Crippen LogP contribution in [-0.4, -0.2) is 20.9 Å². The number of aromatic nitrogens is 3. The van der Waals surface area contributed by atoms with E-state index in [4.69, 9.17) is 0 Å². The van der Waals surface area contributed by atoms with E-state index in [1.165, 1.54) is 6.92 Å². The molecule has 2 heterocycles. The van der Waals surface area contributed by atoms with Gasteiger partial charge in [-0.25, -0.2) is 9.97 Å². The maximum atomic E-state index is 11.1. The number of rotatable bonds is 2. The number of anilines is 1. The number of hydrogen-bond acceptors (Lipinski definition) is 3. The van der Waals surface area contributed by atoms with Crippen molar-refractivity contribution in [3.05, 3.63) is 78.1 Å². The third kappa shape index (κ3) is 5.08. The Balaban J connectivity index is 0.00000117. The molecule has 2 aromatic carbocycles. The second-order valence-corrected chi connectivity index (χ2v) is 6.04. The lowest BCUT2D eigenvalue weighted by molar-refractivity contribution is -0.114. The summed E-state index contributed by atoms with van der Waals surface area (Å²) in [5, 5.41) is 2.76. The second kappa shape index (κ2) is 9.34. The molecule has 5 nitrogen and oxygen atoms in total. The smallest absolute Gasteiger partial charge is 0.221 e. The van der Waals surface area contributed by atoms with Gasteiger partial charge in [0.15, 0.2) is 0 Å². The van der Waals surface area contributed by atoms with Crippen molar-refractivity contribution in [2.75, 3.05) is 5.32 Å². The Morgan fingerprint density at radius 2 is 1.79 bits per heavy atom. The number of nitrogens with zero attached hydrogens (tertiary/aromatic N) is 2. The Hall–Kier alpha value is -3.91. The number of imidazole rings is 1. The van der Waals surface area contributed by atoms with Gasteiger partial charge in [-0.2, -0.15) is 0 Å². The minimum atomic E-state index is -0.0918. The topological polar surface area (TPSA) is 70.7 Å². The van der Waals surface area contributed by atoms with Crippen molar-refractivity contribution < 1.29 is 4.79 Å². The van der Waals surface area contributed by atoms with E-state index in [0.717, 1.165) is 39.4 Å². The molecule has 4 aromatic rings. The molecule has 0 aliphatic heterocycles. The normalized spacial score (nSPS) is 9.76. The first-order valence-corrected chi connectivity index (χ1v) is 9.48. The summed E-state index contributed by atoms with van der Waals surface area (Å²) >= 11 is 0. The Morgan fingerprint density at radius 1 is 1.00 bits per heavy atom. The summed E-state index contributed by atoms with van der Waals surface area (Å²) < 4.78 is 0. The Bertz CT molecular complexity index is 1170. The molecule has 0 atom stereocenters. The predicted molar refractivity (Wildman–Crippen MR) is 117 cm³/mol. The summed E-state index contributed by atoms with van der Waals surface area (Å²) in [6.07, 6.45) is 1.73. The lowest BCUT2D eigenvalue weighted by Crippen LogP contribution is -2.05. The highest BCUT2D eigenvalue weighted by Crippen LogP contribution is 2.22. The Labute approximate surface area is 170 Å². The largest absolute Gasteiger partial charge is 0.338 e. The molecule has 0 fully saturated rings. The van der Waals surface area contributed by atoms with Gasteiger partial charge in [-0.3, -0.25) is 4.79 Å². The molecule has 29 heavy (non-hydrogen) atoms. The molecular weight excluding hydrogens is 360 g/mol. The van der Waals surface area contributed by atoms with Crippen LogP contribution in [0.15, 0.2) is 66.9 Å². The molecule has 2 N–H and O–H groups in total. The van der Waals surface area contributed by atoms with E-state index < -0.39 is 0 Å². The quantitative estimate of drug-likeness (QED) is 0.479. The minimum absolute atomic E-state index is 0.0918. The minimum Gasteiger partial charge on any atom is -0.338 e. The van der Waals surface area contributed by atoms with Crippen molar-refractivity contribution in [3.63, 3.8) is 0 Å². The number of aromatic amines is 1. The first-order valence-electron chi connectivity index (χ1n) is 9.48. The summed E-state index contributed by atoms with van der Waals surface area (Å²) in [7, 11) is 0. The van der Waals surface area contributed by atoms with E-state index in [9.17, 15) is 4.79 Å². The maximum Gasteiger partial charge on any atom is 0.221 e. The lowest BCUT2D eigenvalue weighted by Gasteiger charge is -2.02. The number of amides is 1. The van der Waals surface area contributed by atoms with Crippen LogP contribution in [0.5, 0.6) is 0 Å². The standard InChI is InChI=1S/C22H16N4O.C2H6/c1-15(27)24-19-10-7-17(8-11-19)22-25-20-12-6-16(14-21(20)26-22)5-9-18-4-2-3-13-23-18;1-2/h2-4,6-8,10-14H,1H3,(H,24,27)(H,25,26);1-2H3. The van der Waals surface area contributed by atoms with Crippen molar-refractivity contribution in [1.82, 2.24) is 15.0 Å². The van der Waals surface area contributed by atoms with Crippen molar-refractivity contribution in [2.45, 2.75) is 20.8 Å². The van der Waals surface area contributed by atoms with E-state index in [1.54, 1.807) is 6.20 Å². The zero-order valence-electron chi connectivity index (χ0n) is 16.7. The molecule has 5 heteroatoms. The number of carbonyl (C=O) groups is 1. The van der Waals surface area contributed by atoms with Crippen molar-refractivity contribution >= 4 is 22.6 Å². The van der Waals surface area contributed by atoms with Crippen LogP contribution in [0.3, 0.4) is 0 Å². The Kier molecular flexibility index (Phi) is 6.39. The van der Waals surface area contributed by atoms with Gasteiger partial charge in [0, 0.05) is 29.9 Å². The van der Waals surface area contributed by atoms with Gasteiger partial charge < -0.3 is 10.3 Å². The van der Waals surface area contributed by atoms with Gasteiger partial charge in [-0.1, -0.05) is 25.8 Å². The predicted octanol–water partition coefficient (Wildman–Crippen LogP) is 5.01. The number of fused-ring (bicyclic) bond motifs is 1. The number of H-pyrrole nitrogens is 1. The van der Waals surface area contributed by atoms with Crippen molar-refractivity contribution in [3.8, 4) is 23.2 Å². The van der Waals surface area contributed by atoms with Crippen LogP contribution in [0.1, 0.15) is 32.0 Å². The average Bonchev–Trinajstić information content (AvgIpc) is 3.18. The monoisotopic (exact) mass is 382 g/mol. The van der Waals surface area contributed by atoms with Gasteiger partial charge in [0.2, 0.25) is 5.91 Å². The van der Waals surface area contributed by atoms with Gasteiger partial charge in [-0.15, -0.1) is 0 Å². The first kappa shape index (κ1) is 19.8. The van der Waals surface area contributed by atoms with E-state index in [2.05, 4.69) is 32.1 Å². The first-order chi connectivity index (χ1) is 14.2. The number of benzene rings is 2. The molecule has 0 spiro atoms. The number of pyridine rings is 1. The van der Waals surface area contributed by atoms with Crippen LogP contribution < -0.4 is 5.32 Å². The van der Waals surface area contributed by atoms with E-state index in [-0.39, 0.29) is 5.91 Å². The molecule has 2 aromatic heterocycles. The molecule has 0 bridgehead atoms.